The van der Waals surface area contributed by atoms with Gasteiger partial charge in [-0.05, 0) is 43.3 Å². The van der Waals surface area contributed by atoms with Gasteiger partial charge in [-0.25, -0.2) is 4.68 Å². The van der Waals surface area contributed by atoms with Crippen LogP contribution in [0, 0.1) is 6.92 Å². The van der Waals surface area contributed by atoms with Crippen LogP contribution in [0.2, 0.25) is 5.02 Å². The summed E-state index contributed by atoms with van der Waals surface area (Å²) in [7, 11) is 3.11. The lowest BCUT2D eigenvalue weighted by atomic mass is 10.1. The number of rotatable bonds is 4. The fourth-order valence-corrected chi connectivity index (χ4v) is 3.14. The number of hydrogen-bond donors (Lipinski definition) is 1. The number of amides is 2. The van der Waals surface area contributed by atoms with Crippen molar-refractivity contribution in [2.75, 3.05) is 19.4 Å². The van der Waals surface area contributed by atoms with E-state index in [9.17, 15) is 27.6 Å². The lowest BCUT2D eigenvalue weighted by Gasteiger charge is -2.14. The molecule has 11 heteroatoms. The average molecular weight is 479 g/mol. The van der Waals surface area contributed by atoms with Gasteiger partial charge in [0.2, 0.25) is 5.43 Å². The van der Waals surface area contributed by atoms with Gasteiger partial charge in [0.25, 0.3) is 11.8 Å². The molecule has 0 aliphatic heterocycles. The highest BCUT2D eigenvalue weighted by atomic mass is 35.5. The van der Waals surface area contributed by atoms with Gasteiger partial charge in [-0.2, -0.15) is 18.3 Å². The molecule has 1 aromatic heterocycles. The fraction of sp³-hybridized carbons (Fsp3) is 0.182. The summed E-state index contributed by atoms with van der Waals surface area (Å²) in [6.45, 7) is 1.48. The summed E-state index contributed by atoms with van der Waals surface area (Å²) in [4.78, 5) is 38.7. The first-order valence-electron chi connectivity index (χ1n) is 9.49. The van der Waals surface area contributed by atoms with Crippen LogP contribution in [-0.4, -0.2) is 40.6 Å². The van der Waals surface area contributed by atoms with E-state index in [1.807, 2.05) is 0 Å². The maximum atomic E-state index is 13.1. The van der Waals surface area contributed by atoms with Crippen LogP contribution in [0.5, 0.6) is 0 Å². The topological polar surface area (TPSA) is 84.3 Å². The Labute approximate surface area is 191 Å². The number of aromatic nitrogens is 2. The number of benzene rings is 2. The largest absolute Gasteiger partial charge is 0.416 e. The maximum Gasteiger partial charge on any atom is 0.416 e. The van der Waals surface area contributed by atoms with Crippen LogP contribution in [-0.2, 0) is 6.18 Å². The smallest absolute Gasteiger partial charge is 0.345 e. The van der Waals surface area contributed by atoms with Crippen molar-refractivity contribution >= 4 is 29.1 Å². The molecule has 0 saturated heterocycles. The molecule has 0 saturated carbocycles. The molecule has 2 aromatic carbocycles. The van der Waals surface area contributed by atoms with E-state index in [1.54, 1.807) is 14.1 Å². The van der Waals surface area contributed by atoms with Gasteiger partial charge in [0.1, 0.15) is 0 Å². The van der Waals surface area contributed by atoms with Gasteiger partial charge < -0.3 is 10.2 Å². The van der Waals surface area contributed by atoms with Crippen molar-refractivity contribution in [3.05, 3.63) is 86.3 Å². The summed E-state index contributed by atoms with van der Waals surface area (Å²) >= 11 is 6.11. The van der Waals surface area contributed by atoms with Gasteiger partial charge in [0, 0.05) is 31.4 Å². The van der Waals surface area contributed by atoms with Crippen molar-refractivity contribution in [3.8, 4) is 5.69 Å². The van der Waals surface area contributed by atoms with Crippen LogP contribution in [0.3, 0.4) is 0 Å². The number of hydrogen-bond acceptors (Lipinski definition) is 4. The summed E-state index contributed by atoms with van der Waals surface area (Å²) in [5, 5.41) is 6.54. The highest BCUT2D eigenvalue weighted by Crippen LogP contribution is 2.30. The molecule has 33 heavy (non-hydrogen) atoms. The third kappa shape index (κ3) is 5.23. The molecule has 0 fully saturated rings. The first-order valence-corrected chi connectivity index (χ1v) is 9.87. The SMILES string of the molecule is Cc1cc(=O)c(C(=O)Nc2cc(C(=O)N(C)C)ccc2Cl)nn1-c1cccc(C(F)(F)F)c1. The summed E-state index contributed by atoms with van der Waals surface area (Å²) in [5.74, 6) is -1.26. The summed E-state index contributed by atoms with van der Waals surface area (Å²) in [5.41, 5.74) is -1.62. The van der Waals surface area contributed by atoms with Gasteiger partial charge in [-0.1, -0.05) is 17.7 Å². The Balaban J connectivity index is 2.00. The van der Waals surface area contributed by atoms with E-state index in [0.717, 1.165) is 22.9 Å². The molecular weight excluding hydrogens is 461 g/mol. The van der Waals surface area contributed by atoms with E-state index < -0.39 is 28.8 Å². The van der Waals surface area contributed by atoms with Gasteiger partial charge in [0.15, 0.2) is 5.69 Å². The predicted molar refractivity (Wildman–Crippen MR) is 117 cm³/mol. The molecule has 1 heterocycles. The third-order valence-corrected chi connectivity index (χ3v) is 4.94. The maximum absolute atomic E-state index is 13.1. The van der Waals surface area contributed by atoms with Crippen LogP contribution in [0.25, 0.3) is 5.69 Å². The number of nitrogens with one attached hydrogen (secondary N) is 1. The lowest BCUT2D eigenvalue weighted by Crippen LogP contribution is -2.27. The third-order valence-electron chi connectivity index (χ3n) is 4.61. The van der Waals surface area contributed by atoms with Crippen LogP contribution in [0.4, 0.5) is 18.9 Å². The highest BCUT2D eigenvalue weighted by Gasteiger charge is 2.30. The second kappa shape index (κ2) is 9.07. The zero-order valence-corrected chi connectivity index (χ0v) is 18.5. The second-order valence-electron chi connectivity index (χ2n) is 7.31. The number of anilines is 1. The summed E-state index contributed by atoms with van der Waals surface area (Å²) < 4.78 is 40.3. The predicted octanol–water partition coefficient (Wildman–Crippen LogP) is 4.17. The molecule has 0 atom stereocenters. The van der Waals surface area contributed by atoms with Gasteiger partial charge in [0.05, 0.1) is 22.0 Å². The van der Waals surface area contributed by atoms with E-state index in [-0.39, 0.29) is 33.6 Å². The molecule has 0 bridgehead atoms. The van der Waals surface area contributed by atoms with Gasteiger partial charge in [-0.3, -0.25) is 14.4 Å². The fourth-order valence-electron chi connectivity index (χ4n) is 2.97. The number of alkyl halides is 3. The van der Waals surface area contributed by atoms with Gasteiger partial charge >= 0.3 is 6.18 Å². The Morgan fingerprint density at radius 3 is 2.42 bits per heavy atom. The molecule has 3 aromatic rings. The molecule has 0 radical (unpaired) electrons. The minimum absolute atomic E-state index is 0.0213. The Bertz CT molecular complexity index is 1300. The minimum Gasteiger partial charge on any atom is -0.345 e. The Hall–Kier alpha value is -3.66. The van der Waals surface area contributed by atoms with E-state index in [0.29, 0.717) is 0 Å². The van der Waals surface area contributed by atoms with Crippen molar-refractivity contribution in [2.45, 2.75) is 13.1 Å². The molecule has 2 amide bonds. The summed E-state index contributed by atoms with van der Waals surface area (Å²) in [6.07, 6.45) is -4.57. The van der Waals surface area contributed by atoms with Crippen LogP contribution in [0.15, 0.2) is 53.3 Å². The monoisotopic (exact) mass is 478 g/mol. The molecule has 0 aliphatic carbocycles. The second-order valence-corrected chi connectivity index (χ2v) is 7.71. The van der Waals surface area contributed by atoms with E-state index in [4.69, 9.17) is 11.6 Å². The normalized spacial score (nSPS) is 11.2. The van der Waals surface area contributed by atoms with Gasteiger partial charge in [-0.15, -0.1) is 0 Å². The van der Waals surface area contributed by atoms with Crippen molar-refractivity contribution in [1.82, 2.24) is 14.7 Å². The molecule has 3 rings (SSSR count). The number of halogens is 4. The highest BCUT2D eigenvalue weighted by molar-refractivity contribution is 6.34. The van der Waals surface area contributed by atoms with E-state index in [2.05, 4.69) is 10.4 Å². The molecule has 172 valence electrons. The van der Waals surface area contributed by atoms with Crippen LogP contribution >= 0.6 is 11.6 Å². The number of carbonyl (C=O) groups is 2. The Morgan fingerprint density at radius 2 is 1.79 bits per heavy atom. The van der Waals surface area contributed by atoms with Crippen molar-refractivity contribution in [1.29, 1.82) is 0 Å². The molecule has 0 unspecified atom stereocenters. The van der Waals surface area contributed by atoms with E-state index in [1.165, 1.54) is 42.2 Å². The van der Waals surface area contributed by atoms with Crippen LogP contribution in [0.1, 0.15) is 32.1 Å². The molecule has 0 aliphatic rings. The Morgan fingerprint density at radius 1 is 1.09 bits per heavy atom. The first kappa shape index (κ1) is 24.0. The van der Waals surface area contributed by atoms with Crippen molar-refractivity contribution in [2.24, 2.45) is 0 Å². The standard InChI is InChI=1S/C22H18ClF3N4O3/c1-12-9-18(31)19(28-30(12)15-6-4-5-14(11-15)22(24,25)26)20(32)27-17-10-13(7-8-16(17)23)21(33)29(2)3/h4-11H,1-3H3,(H,27,32). The molecular formula is C22H18ClF3N4O3. The molecule has 7 nitrogen and oxygen atoms in total. The summed E-state index contributed by atoms with van der Waals surface area (Å²) in [6, 6.07) is 9.66. The zero-order chi connectivity index (χ0) is 24.5. The number of aryl methyl sites for hydroxylation is 1. The van der Waals surface area contributed by atoms with Crippen LogP contribution < -0.4 is 10.7 Å². The number of carbonyl (C=O) groups excluding carboxylic acids is 2. The lowest BCUT2D eigenvalue weighted by molar-refractivity contribution is -0.137. The molecule has 1 N–H and O–H groups in total. The van der Waals surface area contributed by atoms with E-state index >= 15 is 0 Å². The zero-order valence-electron chi connectivity index (χ0n) is 17.7. The quantitative estimate of drug-likeness (QED) is 0.610. The van der Waals surface area contributed by atoms with Crippen molar-refractivity contribution < 1.29 is 22.8 Å². The first-order chi connectivity index (χ1) is 15.4. The molecule has 0 spiro atoms. The van der Waals surface area contributed by atoms with Crippen molar-refractivity contribution in [3.63, 3.8) is 0 Å². The Kier molecular flexibility index (Phi) is 6.59. The number of nitrogens with zero attached hydrogens (tertiary/aromatic N) is 3. The average Bonchev–Trinajstić information content (AvgIpc) is 2.74. The minimum atomic E-state index is -4.57.